The highest BCUT2D eigenvalue weighted by atomic mass is 16.2. The van der Waals surface area contributed by atoms with Gasteiger partial charge in [0.15, 0.2) is 0 Å². The predicted molar refractivity (Wildman–Crippen MR) is 118 cm³/mol. The molecule has 5 rings (SSSR count). The summed E-state index contributed by atoms with van der Waals surface area (Å²) in [5.41, 5.74) is 1.35. The lowest BCUT2D eigenvalue weighted by atomic mass is 9.87. The third kappa shape index (κ3) is 4.81. The molecule has 2 aromatic carbocycles. The summed E-state index contributed by atoms with van der Waals surface area (Å²) < 4.78 is 0. The highest BCUT2D eigenvalue weighted by Gasteiger charge is 2.35. The van der Waals surface area contributed by atoms with Crippen LogP contribution < -0.4 is 5.32 Å². The maximum atomic E-state index is 12.9. The number of benzene rings is 2. The third-order valence-corrected chi connectivity index (χ3v) is 6.84. The second kappa shape index (κ2) is 8.45. The second-order valence-electron chi connectivity index (χ2n) is 9.46. The Bertz CT molecular complexity index is 856. The minimum atomic E-state index is 0.136. The average molecular weight is 392 g/mol. The van der Waals surface area contributed by atoms with Crippen LogP contribution in [-0.4, -0.2) is 54.5 Å². The zero-order valence-corrected chi connectivity index (χ0v) is 17.4. The van der Waals surface area contributed by atoms with Gasteiger partial charge in [-0.05, 0) is 73.5 Å². The first-order chi connectivity index (χ1) is 14.2. The largest absolute Gasteiger partial charge is 0.353 e. The Morgan fingerprint density at radius 2 is 1.76 bits per heavy atom. The summed E-state index contributed by atoms with van der Waals surface area (Å²) in [5, 5.41) is 5.87. The average Bonchev–Trinajstić information content (AvgIpc) is 3.40. The maximum Gasteiger partial charge on any atom is 0.224 e. The maximum absolute atomic E-state index is 12.9. The second-order valence-corrected chi connectivity index (χ2v) is 9.46. The molecule has 2 aliphatic heterocycles. The van der Waals surface area contributed by atoms with E-state index in [2.05, 4.69) is 57.6 Å². The summed E-state index contributed by atoms with van der Waals surface area (Å²) in [7, 11) is 0. The molecule has 0 unspecified atom stereocenters. The molecule has 154 valence electrons. The van der Waals surface area contributed by atoms with Gasteiger partial charge in [-0.3, -0.25) is 9.69 Å². The SMILES string of the molecule is O=C(NC1CC1)[C@@H]1C[C@H](CN2CCCC2)CN(Cc2ccc3ccccc3c2)C1. The summed E-state index contributed by atoms with van der Waals surface area (Å²) in [5.74, 6) is 1.02. The van der Waals surface area contributed by atoms with Gasteiger partial charge >= 0.3 is 0 Å². The highest BCUT2D eigenvalue weighted by Crippen LogP contribution is 2.28. The molecule has 4 heteroatoms. The Morgan fingerprint density at radius 3 is 2.55 bits per heavy atom. The van der Waals surface area contributed by atoms with Gasteiger partial charge < -0.3 is 10.2 Å². The van der Waals surface area contributed by atoms with E-state index in [0.717, 1.165) is 45.4 Å². The molecule has 2 aromatic rings. The molecule has 1 aliphatic carbocycles. The summed E-state index contributed by atoms with van der Waals surface area (Å²) in [6, 6.07) is 15.8. The lowest BCUT2D eigenvalue weighted by Crippen LogP contribution is -2.48. The Hall–Kier alpha value is -1.91. The minimum absolute atomic E-state index is 0.136. The van der Waals surface area contributed by atoms with Crippen LogP contribution in [0.4, 0.5) is 0 Å². The Kier molecular flexibility index (Phi) is 5.56. The lowest BCUT2D eigenvalue weighted by Gasteiger charge is -2.38. The number of amides is 1. The first-order valence-corrected chi connectivity index (χ1v) is 11.5. The van der Waals surface area contributed by atoms with Crippen LogP contribution in [0.2, 0.25) is 0 Å². The van der Waals surface area contributed by atoms with E-state index in [1.165, 1.54) is 42.3 Å². The van der Waals surface area contributed by atoms with Gasteiger partial charge in [0.1, 0.15) is 0 Å². The van der Waals surface area contributed by atoms with Crippen molar-refractivity contribution >= 4 is 16.7 Å². The molecule has 3 aliphatic rings. The molecule has 2 heterocycles. The lowest BCUT2D eigenvalue weighted by molar-refractivity contribution is -0.127. The molecule has 1 N–H and O–H groups in total. The summed E-state index contributed by atoms with van der Waals surface area (Å²) in [6.45, 7) is 6.56. The first kappa shape index (κ1) is 19.1. The fourth-order valence-corrected chi connectivity index (χ4v) is 5.23. The van der Waals surface area contributed by atoms with E-state index in [0.29, 0.717) is 17.9 Å². The molecule has 2 atom stereocenters. The van der Waals surface area contributed by atoms with Gasteiger partial charge in [0.25, 0.3) is 0 Å². The number of hydrogen-bond donors (Lipinski definition) is 1. The number of nitrogens with one attached hydrogen (secondary N) is 1. The zero-order chi connectivity index (χ0) is 19.6. The standard InChI is InChI=1S/C25H33N3O/c29-25(26-24-9-10-24)23-14-20(16-27-11-3-4-12-27)17-28(18-23)15-19-7-8-21-5-1-2-6-22(21)13-19/h1-2,5-8,13,20,23-24H,3-4,9-12,14-18H2,(H,26,29)/t20-,23-/m1/s1. The topological polar surface area (TPSA) is 35.6 Å². The molecule has 3 fully saturated rings. The van der Waals surface area contributed by atoms with Crippen molar-refractivity contribution in [3.63, 3.8) is 0 Å². The van der Waals surface area contributed by atoms with E-state index in [-0.39, 0.29) is 5.92 Å². The molecule has 0 bridgehead atoms. The number of rotatable bonds is 6. The van der Waals surface area contributed by atoms with Gasteiger partial charge in [-0.15, -0.1) is 0 Å². The van der Waals surface area contributed by atoms with Crippen LogP contribution in [0, 0.1) is 11.8 Å². The number of likely N-dealkylation sites (tertiary alicyclic amines) is 2. The van der Waals surface area contributed by atoms with Gasteiger partial charge in [-0.1, -0.05) is 36.4 Å². The van der Waals surface area contributed by atoms with Crippen LogP contribution >= 0.6 is 0 Å². The fraction of sp³-hybridized carbons (Fsp3) is 0.560. The quantitative estimate of drug-likeness (QED) is 0.816. The third-order valence-electron chi connectivity index (χ3n) is 6.84. The van der Waals surface area contributed by atoms with E-state index in [1.807, 2.05) is 0 Å². The molecule has 0 spiro atoms. The predicted octanol–water partition coefficient (Wildman–Crippen LogP) is 3.65. The molecule has 29 heavy (non-hydrogen) atoms. The molecule has 1 saturated carbocycles. The monoisotopic (exact) mass is 391 g/mol. The van der Waals surface area contributed by atoms with Crippen molar-refractivity contribution < 1.29 is 4.79 Å². The van der Waals surface area contributed by atoms with Crippen molar-refractivity contribution in [2.24, 2.45) is 11.8 Å². The first-order valence-electron chi connectivity index (χ1n) is 11.5. The molecule has 2 saturated heterocycles. The number of piperidine rings is 1. The highest BCUT2D eigenvalue weighted by molar-refractivity contribution is 5.83. The Balaban J connectivity index is 1.29. The normalized spacial score (nSPS) is 26.1. The number of carbonyl (C=O) groups is 1. The van der Waals surface area contributed by atoms with Gasteiger partial charge in [0.05, 0.1) is 5.92 Å². The van der Waals surface area contributed by atoms with Gasteiger partial charge in [0.2, 0.25) is 5.91 Å². The summed E-state index contributed by atoms with van der Waals surface area (Å²) >= 11 is 0. The fourth-order valence-electron chi connectivity index (χ4n) is 5.23. The van der Waals surface area contributed by atoms with Crippen molar-refractivity contribution in [3.05, 3.63) is 48.0 Å². The molecular weight excluding hydrogens is 358 g/mol. The van der Waals surface area contributed by atoms with Crippen LogP contribution in [0.1, 0.15) is 37.7 Å². The minimum Gasteiger partial charge on any atom is -0.353 e. The molecule has 1 amide bonds. The van der Waals surface area contributed by atoms with E-state index in [4.69, 9.17) is 0 Å². The Labute approximate surface area is 174 Å². The number of carbonyl (C=O) groups excluding carboxylic acids is 1. The van der Waals surface area contributed by atoms with Crippen LogP contribution in [0.3, 0.4) is 0 Å². The number of hydrogen-bond acceptors (Lipinski definition) is 3. The Morgan fingerprint density at radius 1 is 0.966 bits per heavy atom. The van der Waals surface area contributed by atoms with Crippen LogP contribution in [0.25, 0.3) is 10.8 Å². The smallest absolute Gasteiger partial charge is 0.224 e. The van der Waals surface area contributed by atoms with Crippen LogP contribution in [0.15, 0.2) is 42.5 Å². The van der Waals surface area contributed by atoms with E-state index >= 15 is 0 Å². The van der Waals surface area contributed by atoms with E-state index in [1.54, 1.807) is 0 Å². The van der Waals surface area contributed by atoms with Gasteiger partial charge in [-0.2, -0.15) is 0 Å². The summed E-state index contributed by atoms with van der Waals surface area (Å²) in [6.07, 6.45) is 6.04. The van der Waals surface area contributed by atoms with E-state index < -0.39 is 0 Å². The summed E-state index contributed by atoms with van der Waals surface area (Å²) in [4.78, 5) is 18.0. The van der Waals surface area contributed by atoms with Crippen molar-refractivity contribution in [1.82, 2.24) is 15.1 Å². The molecular formula is C25H33N3O. The molecule has 4 nitrogen and oxygen atoms in total. The molecule has 0 aromatic heterocycles. The van der Waals surface area contributed by atoms with E-state index in [9.17, 15) is 4.79 Å². The van der Waals surface area contributed by atoms with Gasteiger partial charge in [0, 0.05) is 32.2 Å². The van der Waals surface area contributed by atoms with Crippen LogP contribution in [0.5, 0.6) is 0 Å². The zero-order valence-electron chi connectivity index (χ0n) is 17.4. The molecule has 0 radical (unpaired) electrons. The van der Waals surface area contributed by atoms with Crippen molar-refractivity contribution in [2.45, 2.75) is 44.7 Å². The van der Waals surface area contributed by atoms with Crippen molar-refractivity contribution in [2.75, 3.05) is 32.7 Å². The van der Waals surface area contributed by atoms with Crippen LogP contribution in [-0.2, 0) is 11.3 Å². The number of nitrogens with zero attached hydrogens (tertiary/aromatic N) is 2. The number of fused-ring (bicyclic) bond motifs is 1. The van der Waals surface area contributed by atoms with Crippen molar-refractivity contribution in [3.8, 4) is 0 Å². The van der Waals surface area contributed by atoms with Crippen molar-refractivity contribution in [1.29, 1.82) is 0 Å². The van der Waals surface area contributed by atoms with Gasteiger partial charge in [-0.25, -0.2) is 0 Å².